The van der Waals surface area contributed by atoms with E-state index in [0.717, 1.165) is 10.7 Å². The number of sulfonamides is 1. The number of nitrogens with one attached hydrogen (secondary N) is 1. The third-order valence-corrected chi connectivity index (χ3v) is 5.67. The molecule has 0 fully saturated rings. The van der Waals surface area contributed by atoms with Crippen LogP contribution in [0, 0.1) is 0 Å². The van der Waals surface area contributed by atoms with Crippen LogP contribution in [-0.2, 0) is 24.3 Å². The van der Waals surface area contributed by atoms with Crippen molar-refractivity contribution in [3.8, 4) is 0 Å². The van der Waals surface area contributed by atoms with Gasteiger partial charge in [-0.1, -0.05) is 18.5 Å². The predicted octanol–water partition coefficient (Wildman–Crippen LogP) is 1.81. The minimum atomic E-state index is -3.85. The number of carbonyl (C=O) groups is 2. The minimum absolute atomic E-state index is 0.00892. The number of amides is 1. The van der Waals surface area contributed by atoms with Crippen LogP contribution in [0.4, 0.5) is 0 Å². The summed E-state index contributed by atoms with van der Waals surface area (Å²) in [5, 5.41) is 3.12. The molecule has 9 heteroatoms. The number of ether oxygens (including phenoxy) is 1. The van der Waals surface area contributed by atoms with Gasteiger partial charge in [-0.3, -0.25) is 9.59 Å². The van der Waals surface area contributed by atoms with Gasteiger partial charge in [0.15, 0.2) is 6.61 Å². The van der Waals surface area contributed by atoms with Crippen LogP contribution in [0.25, 0.3) is 0 Å². The Bertz CT molecular complexity index is 717. The van der Waals surface area contributed by atoms with E-state index in [1.54, 1.807) is 0 Å². The molecule has 1 rings (SSSR count). The van der Waals surface area contributed by atoms with Gasteiger partial charge < -0.3 is 10.1 Å². The monoisotopic (exact) mass is 390 g/mol. The Kier molecular flexibility index (Phi) is 7.40. The fraction of sp³-hybridized carbons (Fsp3) is 0.500. The molecule has 1 aromatic rings. The molecule has 7 nitrogen and oxygen atoms in total. The molecule has 0 atom stereocenters. The van der Waals surface area contributed by atoms with Crippen molar-refractivity contribution in [3.63, 3.8) is 0 Å². The van der Waals surface area contributed by atoms with Gasteiger partial charge in [0.05, 0.1) is 4.90 Å². The summed E-state index contributed by atoms with van der Waals surface area (Å²) in [5.41, 5.74) is -0.405. The summed E-state index contributed by atoms with van der Waals surface area (Å²) in [5.74, 6) is -1.26. The second-order valence-corrected chi connectivity index (χ2v) is 8.64. The zero-order valence-electron chi connectivity index (χ0n) is 14.7. The van der Waals surface area contributed by atoms with E-state index in [0.29, 0.717) is 5.02 Å². The molecule has 0 aliphatic carbocycles. The standard InChI is InChI=1S/C16H23ClN2O5S/c1-5-16(2,3)18-14(20)11-24-15(21)10-19(4)25(22,23)13-8-6-12(17)7-9-13/h6-9H,5,10-11H2,1-4H3,(H,18,20). The summed E-state index contributed by atoms with van der Waals surface area (Å²) in [6, 6.07) is 5.58. The van der Waals surface area contributed by atoms with Crippen LogP contribution < -0.4 is 5.32 Å². The number of hydrogen-bond donors (Lipinski definition) is 1. The van der Waals surface area contributed by atoms with Crippen LogP contribution in [0.5, 0.6) is 0 Å². The van der Waals surface area contributed by atoms with Crippen molar-refractivity contribution < 1.29 is 22.7 Å². The maximum atomic E-state index is 12.3. The fourth-order valence-corrected chi connectivity index (χ4v) is 2.99. The van der Waals surface area contributed by atoms with Gasteiger partial charge in [0, 0.05) is 17.6 Å². The normalized spacial score (nSPS) is 12.1. The number of likely N-dealkylation sites (N-methyl/N-ethyl adjacent to an activating group) is 1. The Hall–Kier alpha value is -1.64. The molecule has 0 spiro atoms. The number of hydrogen-bond acceptors (Lipinski definition) is 5. The van der Waals surface area contributed by atoms with Crippen LogP contribution in [-0.4, -0.2) is 50.3 Å². The first-order valence-electron chi connectivity index (χ1n) is 7.66. The highest BCUT2D eigenvalue weighted by Gasteiger charge is 2.24. The third-order valence-electron chi connectivity index (χ3n) is 3.60. The van der Waals surface area contributed by atoms with Gasteiger partial charge in [-0.05, 0) is 44.5 Å². The van der Waals surface area contributed by atoms with Crippen molar-refractivity contribution >= 4 is 33.5 Å². The lowest BCUT2D eigenvalue weighted by atomic mass is 10.0. The topological polar surface area (TPSA) is 92.8 Å². The Labute approximate surface area is 153 Å². The van der Waals surface area contributed by atoms with Gasteiger partial charge in [0.25, 0.3) is 5.91 Å². The summed E-state index contributed by atoms with van der Waals surface area (Å²) in [6.45, 7) is 4.65. The van der Waals surface area contributed by atoms with E-state index in [-0.39, 0.29) is 4.90 Å². The van der Waals surface area contributed by atoms with Gasteiger partial charge in [-0.25, -0.2) is 8.42 Å². The zero-order chi connectivity index (χ0) is 19.3. The highest BCUT2D eigenvalue weighted by Crippen LogP contribution is 2.17. The molecular weight excluding hydrogens is 368 g/mol. The molecule has 140 valence electrons. The van der Waals surface area contributed by atoms with E-state index in [1.165, 1.54) is 31.3 Å². The Morgan fingerprint density at radius 1 is 1.24 bits per heavy atom. The molecule has 0 aliphatic rings. The van der Waals surface area contributed by atoms with Crippen molar-refractivity contribution in [3.05, 3.63) is 29.3 Å². The summed E-state index contributed by atoms with van der Waals surface area (Å²) in [7, 11) is -2.59. The van der Waals surface area contributed by atoms with Crippen LogP contribution >= 0.6 is 11.6 Å². The van der Waals surface area contributed by atoms with Crippen LogP contribution in [0.15, 0.2) is 29.2 Å². The van der Waals surface area contributed by atoms with Gasteiger partial charge in [-0.2, -0.15) is 4.31 Å². The fourth-order valence-electron chi connectivity index (χ4n) is 1.75. The van der Waals surface area contributed by atoms with E-state index in [1.807, 2.05) is 20.8 Å². The molecule has 25 heavy (non-hydrogen) atoms. The number of halogens is 1. The molecule has 0 heterocycles. The van der Waals surface area contributed by atoms with Crippen molar-refractivity contribution in [2.75, 3.05) is 20.2 Å². The van der Waals surface area contributed by atoms with Gasteiger partial charge in [-0.15, -0.1) is 0 Å². The first-order valence-corrected chi connectivity index (χ1v) is 9.48. The lowest BCUT2D eigenvalue weighted by Gasteiger charge is -2.24. The molecule has 0 unspecified atom stereocenters. The summed E-state index contributed by atoms with van der Waals surface area (Å²) < 4.78 is 30.4. The average molecular weight is 391 g/mol. The van der Waals surface area contributed by atoms with Crippen molar-refractivity contribution in [1.29, 1.82) is 0 Å². The second-order valence-electron chi connectivity index (χ2n) is 6.16. The van der Waals surface area contributed by atoms with Gasteiger partial charge >= 0.3 is 5.97 Å². The quantitative estimate of drug-likeness (QED) is 0.683. The van der Waals surface area contributed by atoms with E-state index in [2.05, 4.69) is 5.32 Å². The molecule has 0 aliphatic heterocycles. The van der Waals surface area contributed by atoms with E-state index >= 15 is 0 Å². The first kappa shape index (κ1) is 21.4. The second kappa shape index (κ2) is 8.64. The summed E-state index contributed by atoms with van der Waals surface area (Å²) in [4.78, 5) is 23.5. The Balaban J connectivity index is 2.59. The molecule has 1 amide bonds. The van der Waals surface area contributed by atoms with Crippen LogP contribution in [0.2, 0.25) is 5.02 Å². The Morgan fingerprint density at radius 2 is 1.80 bits per heavy atom. The van der Waals surface area contributed by atoms with E-state index in [4.69, 9.17) is 16.3 Å². The SMILES string of the molecule is CCC(C)(C)NC(=O)COC(=O)CN(C)S(=O)(=O)c1ccc(Cl)cc1. The molecule has 0 saturated carbocycles. The number of benzene rings is 1. The molecule has 0 radical (unpaired) electrons. The molecular formula is C16H23ClN2O5S. The average Bonchev–Trinajstić information content (AvgIpc) is 2.53. The van der Waals surface area contributed by atoms with Crippen LogP contribution in [0.1, 0.15) is 27.2 Å². The minimum Gasteiger partial charge on any atom is -0.455 e. The highest BCUT2D eigenvalue weighted by atomic mass is 35.5. The third kappa shape index (κ3) is 6.64. The van der Waals surface area contributed by atoms with Crippen molar-refractivity contribution in [2.45, 2.75) is 37.6 Å². The summed E-state index contributed by atoms with van der Waals surface area (Å²) >= 11 is 5.73. The summed E-state index contributed by atoms with van der Waals surface area (Å²) in [6.07, 6.45) is 0.717. The molecule has 0 aromatic heterocycles. The van der Waals surface area contributed by atoms with E-state index in [9.17, 15) is 18.0 Å². The molecule has 1 aromatic carbocycles. The van der Waals surface area contributed by atoms with Crippen molar-refractivity contribution in [2.24, 2.45) is 0 Å². The highest BCUT2D eigenvalue weighted by molar-refractivity contribution is 7.89. The lowest BCUT2D eigenvalue weighted by molar-refractivity contribution is -0.149. The zero-order valence-corrected chi connectivity index (χ0v) is 16.3. The molecule has 1 N–H and O–H groups in total. The first-order chi connectivity index (χ1) is 11.5. The lowest BCUT2D eigenvalue weighted by Crippen LogP contribution is -2.45. The maximum Gasteiger partial charge on any atom is 0.321 e. The number of esters is 1. The van der Waals surface area contributed by atoms with E-state index < -0.39 is 40.6 Å². The number of nitrogens with zero attached hydrogens (tertiary/aromatic N) is 1. The smallest absolute Gasteiger partial charge is 0.321 e. The van der Waals surface area contributed by atoms with Gasteiger partial charge in [0.1, 0.15) is 6.54 Å². The molecule has 0 bridgehead atoms. The maximum absolute atomic E-state index is 12.3. The van der Waals surface area contributed by atoms with Gasteiger partial charge in [0.2, 0.25) is 10.0 Å². The van der Waals surface area contributed by atoms with Crippen molar-refractivity contribution in [1.82, 2.24) is 9.62 Å². The largest absolute Gasteiger partial charge is 0.455 e. The van der Waals surface area contributed by atoms with Crippen LogP contribution in [0.3, 0.4) is 0 Å². The number of carbonyl (C=O) groups excluding carboxylic acids is 2. The number of rotatable bonds is 8. The molecule has 0 saturated heterocycles. The predicted molar refractivity (Wildman–Crippen MR) is 94.7 cm³/mol. The Morgan fingerprint density at radius 3 is 2.32 bits per heavy atom.